The van der Waals surface area contributed by atoms with E-state index in [2.05, 4.69) is 30.9 Å². The Morgan fingerprint density at radius 3 is 2.75 bits per heavy atom. The van der Waals surface area contributed by atoms with E-state index in [0.29, 0.717) is 11.4 Å². The fourth-order valence-corrected chi connectivity index (χ4v) is 2.63. The average Bonchev–Trinajstić information content (AvgIpc) is 2.45. The second kappa shape index (κ2) is 5.07. The molecule has 3 aromatic rings. The highest BCUT2D eigenvalue weighted by Crippen LogP contribution is 2.31. The molecule has 0 amide bonds. The van der Waals surface area contributed by atoms with Crippen LogP contribution < -0.4 is 0 Å². The molecule has 3 nitrogen and oxygen atoms in total. The molecule has 0 spiro atoms. The number of hydrogen-bond donors (Lipinski definition) is 0. The Balaban J connectivity index is 2.33. The first-order valence-electron chi connectivity index (χ1n) is 5.81. The second-order valence-corrected chi connectivity index (χ2v) is 5.44. The third-order valence-electron chi connectivity index (χ3n) is 2.93. The van der Waals surface area contributed by atoms with E-state index < -0.39 is 5.82 Å². The fourth-order valence-electron chi connectivity index (χ4n) is 1.96. The molecule has 0 saturated carbocycles. The zero-order chi connectivity index (χ0) is 14.3. The number of rotatable bonds is 1. The van der Waals surface area contributed by atoms with Gasteiger partial charge in [-0.2, -0.15) is 0 Å². The lowest BCUT2D eigenvalue weighted by Gasteiger charge is -2.08. The maximum absolute atomic E-state index is 13.5. The van der Waals surface area contributed by atoms with Crippen LogP contribution in [0.5, 0.6) is 0 Å². The first-order valence-corrected chi connectivity index (χ1v) is 6.98. The van der Waals surface area contributed by atoms with Gasteiger partial charge in [0.25, 0.3) is 0 Å². The molecule has 100 valence electrons. The molecule has 20 heavy (non-hydrogen) atoms. The largest absolute Gasteiger partial charge is 0.255 e. The van der Waals surface area contributed by atoms with Crippen molar-refractivity contribution in [1.29, 1.82) is 0 Å². The van der Waals surface area contributed by atoms with Gasteiger partial charge in [-0.05, 0) is 25.1 Å². The predicted molar refractivity (Wildman–Crippen MR) is 80.2 cm³/mol. The lowest BCUT2D eigenvalue weighted by atomic mass is 10.1. The second-order valence-electron chi connectivity index (χ2n) is 4.23. The molecule has 2 heterocycles. The zero-order valence-electron chi connectivity index (χ0n) is 10.4. The summed E-state index contributed by atoms with van der Waals surface area (Å²) >= 11 is 9.27. The van der Waals surface area contributed by atoms with Gasteiger partial charge in [-0.25, -0.2) is 14.4 Å². The Labute approximate surface area is 128 Å². The minimum Gasteiger partial charge on any atom is -0.255 e. The minimum absolute atomic E-state index is 0.181. The predicted octanol–water partition coefficient (Wildman–Crippen LogP) is 4.56. The molecular formula is C14H8BrClFN3. The van der Waals surface area contributed by atoms with Crippen molar-refractivity contribution in [2.45, 2.75) is 6.92 Å². The van der Waals surface area contributed by atoms with Gasteiger partial charge in [0.05, 0.1) is 11.2 Å². The molecule has 2 aromatic heterocycles. The first kappa shape index (κ1) is 13.4. The minimum atomic E-state index is -0.593. The molecule has 0 aliphatic carbocycles. The highest BCUT2D eigenvalue weighted by Gasteiger charge is 2.14. The fraction of sp³-hybridized carbons (Fsp3) is 0.0714. The van der Waals surface area contributed by atoms with Crippen molar-refractivity contribution in [3.8, 4) is 11.4 Å². The standard InChI is InChI=1S/C14H8BrClFN3/c1-7-11(17)13(16)20-14(19-7)9-4-5-10(15)8-3-2-6-18-12(8)9/h2-6H,1H3. The van der Waals surface area contributed by atoms with Crippen LogP contribution in [0.4, 0.5) is 4.39 Å². The number of fused-ring (bicyclic) bond motifs is 1. The van der Waals surface area contributed by atoms with E-state index in [9.17, 15) is 4.39 Å². The molecule has 0 N–H and O–H groups in total. The number of aryl methyl sites for hydroxylation is 1. The van der Waals surface area contributed by atoms with E-state index in [1.54, 1.807) is 13.1 Å². The third kappa shape index (κ3) is 2.17. The maximum Gasteiger partial charge on any atom is 0.181 e. The highest BCUT2D eigenvalue weighted by molar-refractivity contribution is 9.10. The summed E-state index contributed by atoms with van der Waals surface area (Å²) < 4.78 is 14.4. The van der Waals surface area contributed by atoms with E-state index in [1.807, 2.05) is 24.3 Å². The van der Waals surface area contributed by atoms with Gasteiger partial charge in [0, 0.05) is 21.6 Å². The lowest BCUT2D eigenvalue weighted by Crippen LogP contribution is -1.98. The van der Waals surface area contributed by atoms with Crippen molar-refractivity contribution < 1.29 is 4.39 Å². The number of halogens is 3. The number of aromatic nitrogens is 3. The lowest BCUT2D eigenvalue weighted by molar-refractivity contribution is 0.603. The summed E-state index contributed by atoms with van der Waals surface area (Å²) in [7, 11) is 0. The summed E-state index contributed by atoms with van der Waals surface area (Å²) in [6.07, 6.45) is 1.69. The molecule has 0 unspecified atom stereocenters. The molecule has 0 atom stereocenters. The van der Waals surface area contributed by atoms with E-state index >= 15 is 0 Å². The van der Waals surface area contributed by atoms with Gasteiger partial charge in [0.15, 0.2) is 16.8 Å². The van der Waals surface area contributed by atoms with Crippen molar-refractivity contribution in [3.05, 3.63) is 51.6 Å². The first-order chi connectivity index (χ1) is 9.58. The van der Waals surface area contributed by atoms with Gasteiger partial charge in [-0.3, -0.25) is 4.98 Å². The van der Waals surface area contributed by atoms with Crippen molar-refractivity contribution >= 4 is 38.4 Å². The van der Waals surface area contributed by atoms with Crippen LogP contribution in [0.15, 0.2) is 34.9 Å². The number of nitrogens with zero attached hydrogens (tertiary/aromatic N) is 3. The Kier molecular flexibility index (Phi) is 3.40. The average molecular weight is 353 g/mol. The van der Waals surface area contributed by atoms with Gasteiger partial charge in [0.2, 0.25) is 0 Å². The van der Waals surface area contributed by atoms with Crippen LogP contribution in [0.1, 0.15) is 5.69 Å². The SMILES string of the molecule is Cc1nc(-c2ccc(Br)c3cccnc23)nc(Cl)c1F. The molecule has 0 fully saturated rings. The van der Waals surface area contributed by atoms with E-state index in [0.717, 1.165) is 15.4 Å². The summed E-state index contributed by atoms with van der Waals surface area (Å²) in [4.78, 5) is 12.5. The molecule has 0 radical (unpaired) electrons. The normalized spacial score (nSPS) is 11.0. The number of benzene rings is 1. The van der Waals surface area contributed by atoms with E-state index in [-0.39, 0.29) is 10.8 Å². The summed E-state index contributed by atoms with van der Waals surface area (Å²) in [5, 5.41) is 0.756. The Morgan fingerprint density at radius 2 is 2.00 bits per heavy atom. The van der Waals surface area contributed by atoms with Gasteiger partial charge in [-0.1, -0.05) is 33.6 Å². The summed E-state index contributed by atoms with van der Waals surface area (Å²) in [6.45, 7) is 1.56. The van der Waals surface area contributed by atoms with Crippen LogP contribution >= 0.6 is 27.5 Å². The molecule has 0 saturated heterocycles. The van der Waals surface area contributed by atoms with Crippen molar-refractivity contribution in [3.63, 3.8) is 0 Å². The van der Waals surface area contributed by atoms with Gasteiger partial charge >= 0.3 is 0 Å². The van der Waals surface area contributed by atoms with Crippen LogP contribution in [-0.2, 0) is 0 Å². The van der Waals surface area contributed by atoms with E-state index in [1.165, 1.54) is 0 Å². The molecule has 6 heteroatoms. The van der Waals surface area contributed by atoms with Crippen LogP contribution in [0.3, 0.4) is 0 Å². The quantitative estimate of drug-likeness (QED) is 0.603. The van der Waals surface area contributed by atoms with E-state index in [4.69, 9.17) is 11.6 Å². The van der Waals surface area contributed by atoms with Crippen LogP contribution in [0, 0.1) is 12.7 Å². The number of pyridine rings is 1. The maximum atomic E-state index is 13.5. The molecule has 0 aliphatic heterocycles. The Morgan fingerprint density at radius 1 is 1.20 bits per heavy atom. The zero-order valence-corrected chi connectivity index (χ0v) is 12.7. The van der Waals surface area contributed by atoms with Crippen molar-refractivity contribution in [2.75, 3.05) is 0 Å². The van der Waals surface area contributed by atoms with Crippen LogP contribution in [0.2, 0.25) is 5.15 Å². The van der Waals surface area contributed by atoms with Crippen molar-refractivity contribution in [1.82, 2.24) is 15.0 Å². The summed E-state index contributed by atoms with van der Waals surface area (Å²) in [5.74, 6) is -0.227. The highest BCUT2D eigenvalue weighted by atomic mass is 79.9. The van der Waals surface area contributed by atoms with Gasteiger partial charge in [-0.15, -0.1) is 0 Å². The summed E-state index contributed by atoms with van der Waals surface area (Å²) in [6, 6.07) is 7.51. The van der Waals surface area contributed by atoms with Gasteiger partial charge in [0.1, 0.15) is 0 Å². The van der Waals surface area contributed by atoms with Gasteiger partial charge < -0.3 is 0 Å². The molecule has 0 aliphatic rings. The van der Waals surface area contributed by atoms with Crippen molar-refractivity contribution in [2.24, 2.45) is 0 Å². The molecular weight excluding hydrogens is 345 g/mol. The monoisotopic (exact) mass is 351 g/mol. The van der Waals surface area contributed by atoms with Crippen LogP contribution in [-0.4, -0.2) is 15.0 Å². The smallest absolute Gasteiger partial charge is 0.181 e. The Hall–Kier alpha value is -1.59. The van der Waals surface area contributed by atoms with Crippen LogP contribution in [0.25, 0.3) is 22.3 Å². The Bertz CT molecular complexity index is 800. The number of hydrogen-bond acceptors (Lipinski definition) is 3. The topological polar surface area (TPSA) is 38.7 Å². The molecule has 3 rings (SSSR count). The summed E-state index contributed by atoms with van der Waals surface area (Å²) in [5.41, 5.74) is 1.67. The molecule has 0 bridgehead atoms. The molecule has 1 aromatic carbocycles. The third-order valence-corrected chi connectivity index (χ3v) is 3.88.